The van der Waals surface area contributed by atoms with Crippen molar-refractivity contribution in [2.45, 2.75) is 19.8 Å². The quantitative estimate of drug-likeness (QED) is 0.331. The van der Waals surface area contributed by atoms with Crippen LogP contribution in [0.2, 0.25) is 0 Å². The minimum atomic E-state index is 0.335. The molecule has 2 atom stereocenters. The third-order valence-electron chi connectivity index (χ3n) is 7.16. The van der Waals surface area contributed by atoms with Crippen LogP contribution in [0.3, 0.4) is 0 Å². The molecule has 2 aliphatic rings. The van der Waals surface area contributed by atoms with Gasteiger partial charge in [0, 0.05) is 17.4 Å². The number of hydrogen-bond donors (Lipinski definition) is 0. The number of furan rings is 1. The van der Waals surface area contributed by atoms with Crippen LogP contribution in [0.15, 0.2) is 127 Å². The van der Waals surface area contributed by atoms with E-state index in [0.29, 0.717) is 11.8 Å². The summed E-state index contributed by atoms with van der Waals surface area (Å²) in [5, 5.41) is 2.30. The minimum Gasteiger partial charge on any atom is -0.457 e. The van der Waals surface area contributed by atoms with Crippen LogP contribution in [0.25, 0.3) is 34.1 Å². The summed E-state index contributed by atoms with van der Waals surface area (Å²) in [6.45, 7) is 12.5. The fourth-order valence-corrected chi connectivity index (χ4v) is 5.28. The zero-order chi connectivity index (χ0) is 25.8. The van der Waals surface area contributed by atoms with Gasteiger partial charge in [-0.05, 0) is 64.6 Å². The summed E-state index contributed by atoms with van der Waals surface area (Å²) in [5.74, 6) is 2.62. The number of allylic oxidation sites excluding steroid dienone is 10. The number of benzene rings is 1. The molecule has 0 amide bonds. The Kier molecular flexibility index (Phi) is 7.05. The maximum atomic E-state index is 6.42. The highest BCUT2D eigenvalue weighted by atomic mass is 16.3. The van der Waals surface area contributed by atoms with Gasteiger partial charge in [0.1, 0.15) is 11.5 Å². The lowest BCUT2D eigenvalue weighted by Crippen LogP contribution is -2.12. The Balaban J connectivity index is 1.69. The van der Waals surface area contributed by atoms with E-state index in [-0.39, 0.29) is 0 Å². The standard InChI is InChI=1S/C36H32O/c1-5-6-15-25(2)29-17-9-7-8-10-18-30(33-21-14-13-20-32(29)33)26(3)24-35-27(4)36-31-19-12-11-16-28(31)22-23-34(36)37-35/h5-24,28,31H,1-2H2,3-4H3/b8-7?,9-7?,10-8?,15-6-,17-9?,18-10?,26-24+,29-17?,30-18?,32-29?,33-30?. The maximum Gasteiger partial charge on any atom is 0.131 e. The van der Waals surface area contributed by atoms with Crippen molar-refractivity contribution in [1.82, 2.24) is 0 Å². The molecule has 0 aliphatic heterocycles. The Hall–Kier alpha value is -4.36. The molecule has 2 aliphatic carbocycles. The predicted molar refractivity (Wildman–Crippen MR) is 160 cm³/mol. The number of fused-ring (bicyclic) bond motifs is 4. The van der Waals surface area contributed by atoms with Gasteiger partial charge in [-0.15, -0.1) is 0 Å². The van der Waals surface area contributed by atoms with E-state index < -0.39 is 0 Å². The van der Waals surface area contributed by atoms with E-state index >= 15 is 0 Å². The molecule has 1 heterocycles. The van der Waals surface area contributed by atoms with Crippen LogP contribution in [0, 0.1) is 12.8 Å². The summed E-state index contributed by atoms with van der Waals surface area (Å²) < 4.78 is 6.42. The molecule has 1 nitrogen and oxygen atoms in total. The fourth-order valence-electron chi connectivity index (χ4n) is 5.28. The molecule has 2 unspecified atom stereocenters. The average molecular weight is 481 g/mol. The summed E-state index contributed by atoms with van der Waals surface area (Å²) in [6.07, 6.45) is 21.1. The van der Waals surface area contributed by atoms with Crippen LogP contribution < -0.4 is 0 Å². The molecule has 1 heteroatoms. The van der Waals surface area contributed by atoms with Crippen molar-refractivity contribution in [2.75, 3.05) is 0 Å². The first-order valence-corrected chi connectivity index (χ1v) is 12.8. The Bertz CT molecular complexity index is 1580. The predicted octanol–water partition coefficient (Wildman–Crippen LogP) is 10.0. The maximum absolute atomic E-state index is 6.42. The zero-order valence-corrected chi connectivity index (χ0v) is 21.5. The van der Waals surface area contributed by atoms with Gasteiger partial charge in [0.15, 0.2) is 0 Å². The van der Waals surface area contributed by atoms with Gasteiger partial charge < -0.3 is 4.42 Å². The lowest BCUT2D eigenvalue weighted by Gasteiger charge is -2.24. The minimum absolute atomic E-state index is 0.335. The monoisotopic (exact) mass is 480 g/mol. The Morgan fingerprint density at radius 2 is 1.54 bits per heavy atom. The van der Waals surface area contributed by atoms with Crippen LogP contribution in [-0.4, -0.2) is 0 Å². The SMILES string of the molecule is C=C/C=C\C(=C)c1ccccccc(/C(C)=C/c2oc3c(c2C)C2C=CC=CC2C=C3)c2ccccc12. The van der Waals surface area contributed by atoms with Crippen molar-refractivity contribution in [1.29, 1.82) is 0 Å². The molecular formula is C36H32O. The van der Waals surface area contributed by atoms with Crippen LogP contribution in [0.5, 0.6) is 0 Å². The van der Waals surface area contributed by atoms with Crippen LogP contribution in [0.1, 0.15) is 46.6 Å². The second-order valence-corrected chi connectivity index (χ2v) is 9.52. The summed E-state index contributed by atoms with van der Waals surface area (Å²) >= 11 is 0. The first-order chi connectivity index (χ1) is 18.1. The Morgan fingerprint density at radius 1 is 0.865 bits per heavy atom. The molecule has 0 fully saturated rings. The Labute approximate surface area is 220 Å². The van der Waals surface area contributed by atoms with Gasteiger partial charge in [-0.25, -0.2) is 0 Å². The molecule has 0 bridgehead atoms. The molecular weight excluding hydrogens is 448 g/mol. The van der Waals surface area contributed by atoms with Gasteiger partial charge in [0.05, 0.1) is 0 Å². The van der Waals surface area contributed by atoms with Crippen molar-refractivity contribution in [3.05, 3.63) is 156 Å². The van der Waals surface area contributed by atoms with E-state index in [1.165, 1.54) is 11.1 Å². The molecule has 2 aromatic carbocycles. The molecule has 37 heavy (non-hydrogen) atoms. The average Bonchev–Trinajstić information content (AvgIpc) is 3.24. The molecule has 0 saturated carbocycles. The van der Waals surface area contributed by atoms with Gasteiger partial charge in [0.25, 0.3) is 0 Å². The van der Waals surface area contributed by atoms with E-state index in [1.807, 2.05) is 18.2 Å². The molecule has 1 aromatic heterocycles. The number of hydrogen-bond acceptors (Lipinski definition) is 1. The zero-order valence-electron chi connectivity index (χ0n) is 21.5. The topological polar surface area (TPSA) is 13.1 Å². The lowest BCUT2D eigenvalue weighted by molar-refractivity contribution is 0.532. The molecule has 0 radical (unpaired) electrons. The molecule has 0 N–H and O–H groups in total. The van der Waals surface area contributed by atoms with E-state index in [4.69, 9.17) is 4.42 Å². The van der Waals surface area contributed by atoms with Crippen molar-refractivity contribution in [2.24, 2.45) is 5.92 Å². The first-order valence-electron chi connectivity index (χ1n) is 12.8. The van der Waals surface area contributed by atoms with E-state index in [0.717, 1.165) is 44.6 Å². The van der Waals surface area contributed by atoms with Crippen molar-refractivity contribution in [3.8, 4) is 0 Å². The third-order valence-corrected chi connectivity index (χ3v) is 7.16. The first kappa shape index (κ1) is 24.3. The second kappa shape index (κ2) is 10.7. The summed E-state index contributed by atoms with van der Waals surface area (Å²) in [5.41, 5.74) is 6.82. The highest BCUT2D eigenvalue weighted by Gasteiger charge is 2.29. The molecule has 3 aromatic rings. The summed E-state index contributed by atoms with van der Waals surface area (Å²) in [4.78, 5) is 0. The summed E-state index contributed by atoms with van der Waals surface area (Å²) in [7, 11) is 0. The van der Waals surface area contributed by atoms with Gasteiger partial charge in [0.2, 0.25) is 0 Å². The van der Waals surface area contributed by atoms with Gasteiger partial charge in [-0.1, -0.05) is 122 Å². The van der Waals surface area contributed by atoms with Crippen LogP contribution >= 0.6 is 0 Å². The van der Waals surface area contributed by atoms with E-state index in [9.17, 15) is 0 Å². The van der Waals surface area contributed by atoms with Crippen LogP contribution in [-0.2, 0) is 0 Å². The van der Waals surface area contributed by atoms with Gasteiger partial charge in [-0.3, -0.25) is 0 Å². The normalized spacial score (nSPS) is 17.9. The smallest absolute Gasteiger partial charge is 0.131 e. The summed E-state index contributed by atoms with van der Waals surface area (Å²) in [6, 6.07) is 21.1. The molecule has 5 rings (SSSR count). The second-order valence-electron chi connectivity index (χ2n) is 9.52. The van der Waals surface area contributed by atoms with Crippen molar-refractivity contribution < 1.29 is 4.42 Å². The fraction of sp³-hybridized carbons (Fsp3) is 0.111. The molecule has 0 saturated heterocycles. The highest BCUT2D eigenvalue weighted by molar-refractivity contribution is 6.01. The van der Waals surface area contributed by atoms with Crippen molar-refractivity contribution in [3.63, 3.8) is 0 Å². The molecule has 0 spiro atoms. The van der Waals surface area contributed by atoms with Gasteiger partial charge in [-0.2, -0.15) is 0 Å². The van der Waals surface area contributed by atoms with Crippen LogP contribution in [0.4, 0.5) is 0 Å². The van der Waals surface area contributed by atoms with E-state index in [2.05, 4.69) is 124 Å². The van der Waals surface area contributed by atoms with Crippen molar-refractivity contribution >= 4 is 34.1 Å². The highest BCUT2D eigenvalue weighted by Crippen LogP contribution is 2.42. The molecule has 182 valence electrons. The lowest BCUT2D eigenvalue weighted by atomic mass is 9.78. The third kappa shape index (κ3) is 4.86. The largest absolute Gasteiger partial charge is 0.457 e. The van der Waals surface area contributed by atoms with Gasteiger partial charge >= 0.3 is 0 Å². The van der Waals surface area contributed by atoms with E-state index in [1.54, 1.807) is 6.08 Å². The number of rotatable bonds is 5. The Morgan fingerprint density at radius 3 is 2.30 bits per heavy atom.